The lowest BCUT2D eigenvalue weighted by atomic mass is 10.1. The first kappa shape index (κ1) is 59.6. The maximum Gasteiger partial charge on any atom is 0.306 e. The molecule has 0 spiro atoms. The Labute approximate surface area is 388 Å². The van der Waals surface area contributed by atoms with E-state index >= 15 is 0 Å². The molecule has 0 aliphatic carbocycles. The Morgan fingerprint density at radius 1 is 0.317 bits per heavy atom. The minimum absolute atomic E-state index is 0.102. The van der Waals surface area contributed by atoms with Gasteiger partial charge in [0.1, 0.15) is 13.2 Å². The molecule has 6 heteroatoms. The molecule has 0 fully saturated rings. The Morgan fingerprint density at radius 3 is 1.02 bits per heavy atom. The first-order chi connectivity index (χ1) is 31.0. The number of unbranched alkanes of at least 4 members (excludes halogenated alkanes) is 21. The van der Waals surface area contributed by atoms with E-state index in [0.29, 0.717) is 19.3 Å². The zero-order valence-electron chi connectivity index (χ0n) is 41.1. The van der Waals surface area contributed by atoms with Crippen LogP contribution in [0, 0.1) is 0 Å². The van der Waals surface area contributed by atoms with Crippen LogP contribution in [0.25, 0.3) is 0 Å². The zero-order valence-corrected chi connectivity index (χ0v) is 41.1. The average Bonchev–Trinajstić information content (AvgIpc) is 3.28. The Morgan fingerprint density at radius 2 is 0.603 bits per heavy atom. The molecule has 0 aromatic rings. The van der Waals surface area contributed by atoms with Crippen LogP contribution >= 0.6 is 0 Å². The van der Waals surface area contributed by atoms with Gasteiger partial charge in [-0.2, -0.15) is 0 Å². The van der Waals surface area contributed by atoms with Crippen molar-refractivity contribution in [2.75, 3.05) is 13.2 Å². The summed E-state index contributed by atoms with van der Waals surface area (Å²) in [7, 11) is 0. The summed E-state index contributed by atoms with van der Waals surface area (Å²) in [6.07, 6.45) is 65.7. The summed E-state index contributed by atoms with van der Waals surface area (Å²) in [6, 6.07) is 0. The van der Waals surface area contributed by atoms with E-state index in [1.54, 1.807) is 0 Å². The predicted molar refractivity (Wildman–Crippen MR) is 270 cm³/mol. The summed E-state index contributed by atoms with van der Waals surface area (Å²) in [5.41, 5.74) is 0. The Kier molecular flexibility index (Phi) is 48.5. The van der Waals surface area contributed by atoms with Gasteiger partial charge in [-0.05, 0) is 109 Å². The van der Waals surface area contributed by atoms with Gasteiger partial charge in [-0.25, -0.2) is 0 Å². The van der Waals surface area contributed by atoms with Crippen LogP contribution in [0.5, 0.6) is 0 Å². The van der Waals surface area contributed by atoms with Crippen LogP contribution in [-0.2, 0) is 28.6 Å². The van der Waals surface area contributed by atoms with E-state index in [1.165, 1.54) is 103 Å². The van der Waals surface area contributed by atoms with Gasteiger partial charge in [0.25, 0.3) is 0 Å². The fourth-order valence-electron chi connectivity index (χ4n) is 6.86. The average molecular weight is 877 g/mol. The topological polar surface area (TPSA) is 78.9 Å². The number of allylic oxidation sites excluding steroid dienone is 14. The van der Waals surface area contributed by atoms with Crippen molar-refractivity contribution in [3.05, 3.63) is 85.1 Å². The van der Waals surface area contributed by atoms with E-state index in [4.69, 9.17) is 14.2 Å². The maximum absolute atomic E-state index is 12.8. The summed E-state index contributed by atoms with van der Waals surface area (Å²) in [5.74, 6) is -0.979. The summed E-state index contributed by atoms with van der Waals surface area (Å²) >= 11 is 0. The maximum atomic E-state index is 12.8. The van der Waals surface area contributed by atoms with Crippen molar-refractivity contribution < 1.29 is 28.6 Å². The van der Waals surface area contributed by atoms with Crippen LogP contribution < -0.4 is 0 Å². The Hall–Kier alpha value is -3.41. The van der Waals surface area contributed by atoms with E-state index < -0.39 is 6.10 Å². The van der Waals surface area contributed by atoms with Gasteiger partial charge in [-0.15, -0.1) is 0 Å². The molecule has 0 rings (SSSR count). The van der Waals surface area contributed by atoms with E-state index in [-0.39, 0.29) is 37.5 Å². The highest BCUT2D eigenvalue weighted by molar-refractivity contribution is 5.71. The number of hydrogen-bond donors (Lipinski definition) is 0. The highest BCUT2D eigenvalue weighted by atomic mass is 16.6. The molecule has 360 valence electrons. The van der Waals surface area contributed by atoms with Crippen LogP contribution in [0.4, 0.5) is 0 Å². The first-order valence-corrected chi connectivity index (χ1v) is 26.1. The van der Waals surface area contributed by atoms with E-state index in [9.17, 15) is 14.4 Å². The van der Waals surface area contributed by atoms with Crippen LogP contribution in [0.1, 0.15) is 239 Å². The van der Waals surface area contributed by atoms with Gasteiger partial charge in [-0.1, -0.05) is 196 Å². The second-order valence-corrected chi connectivity index (χ2v) is 17.1. The van der Waals surface area contributed by atoms with Crippen molar-refractivity contribution in [2.24, 2.45) is 0 Å². The van der Waals surface area contributed by atoms with Crippen molar-refractivity contribution in [2.45, 2.75) is 245 Å². The minimum atomic E-state index is -0.805. The number of carbonyl (C=O) groups is 3. The van der Waals surface area contributed by atoms with E-state index in [1.807, 2.05) is 0 Å². The van der Waals surface area contributed by atoms with Crippen LogP contribution in [0.3, 0.4) is 0 Å². The molecule has 0 saturated heterocycles. The molecule has 63 heavy (non-hydrogen) atoms. The molecule has 0 bridgehead atoms. The minimum Gasteiger partial charge on any atom is -0.462 e. The third-order valence-corrected chi connectivity index (χ3v) is 10.8. The van der Waals surface area contributed by atoms with Gasteiger partial charge in [0.15, 0.2) is 6.10 Å². The number of hydrogen-bond acceptors (Lipinski definition) is 6. The first-order valence-electron chi connectivity index (χ1n) is 26.1. The molecule has 6 nitrogen and oxygen atoms in total. The molecule has 0 amide bonds. The second-order valence-electron chi connectivity index (χ2n) is 17.1. The lowest BCUT2D eigenvalue weighted by Gasteiger charge is -2.18. The van der Waals surface area contributed by atoms with Crippen molar-refractivity contribution in [3.8, 4) is 0 Å². The normalized spacial score (nSPS) is 12.7. The molecule has 0 aliphatic rings. The van der Waals surface area contributed by atoms with Gasteiger partial charge >= 0.3 is 17.9 Å². The number of carbonyl (C=O) groups excluding carboxylic acids is 3. The van der Waals surface area contributed by atoms with Crippen LogP contribution in [0.15, 0.2) is 85.1 Å². The second kappa shape index (κ2) is 51.2. The highest BCUT2D eigenvalue weighted by Gasteiger charge is 2.19. The van der Waals surface area contributed by atoms with Crippen LogP contribution in [0.2, 0.25) is 0 Å². The Bertz CT molecular complexity index is 1240. The molecule has 0 heterocycles. The standard InChI is InChI=1S/C57H96O6/c1-4-7-10-13-16-19-22-24-26-28-30-32-35-38-41-44-47-50-56(59)62-53-54(52-61-55(58)49-46-43-40-37-34-21-18-15-12-9-6-3)63-57(60)51-48-45-42-39-36-33-31-29-27-25-23-20-17-14-11-8-5-2/h15-20,24-27,30,32,38,41,54H,4-14,21-23,28-29,31,33-37,39-40,42-53H2,1-3H3/b18-15-,19-16-,20-17-,26-24-,27-25-,32-30-,41-38-/t54-/m0/s1. The molecule has 1 atom stereocenters. The summed E-state index contributed by atoms with van der Waals surface area (Å²) < 4.78 is 16.7. The third kappa shape index (κ3) is 49.5. The summed E-state index contributed by atoms with van der Waals surface area (Å²) in [4.78, 5) is 37.9. The smallest absolute Gasteiger partial charge is 0.306 e. The van der Waals surface area contributed by atoms with E-state index in [0.717, 1.165) is 89.9 Å². The molecule has 0 saturated carbocycles. The highest BCUT2D eigenvalue weighted by Crippen LogP contribution is 2.13. The number of esters is 3. The van der Waals surface area contributed by atoms with Gasteiger partial charge in [0.2, 0.25) is 0 Å². The third-order valence-electron chi connectivity index (χ3n) is 10.8. The molecular formula is C57H96O6. The van der Waals surface area contributed by atoms with Crippen LogP contribution in [-0.4, -0.2) is 37.2 Å². The van der Waals surface area contributed by atoms with Crippen molar-refractivity contribution >= 4 is 17.9 Å². The summed E-state index contributed by atoms with van der Waals surface area (Å²) in [6.45, 7) is 6.48. The van der Waals surface area contributed by atoms with Gasteiger partial charge in [0, 0.05) is 19.3 Å². The molecular weight excluding hydrogens is 781 g/mol. The molecule has 0 N–H and O–H groups in total. The van der Waals surface area contributed by atoms with Crippen molar-refractivity contribution in [1.29, 1.82) is 0 Å². The fourth-order valence-corrected chi connectivity index (χ4v) is 6.86. The van der Waals surface area contributed by atoms with Crippen molar-refractivity contribution in [1.82, 2.24) is 0 Å². The van der Waals surface area contributed by atoms with Gasteiger partial charge in [-0.3, -0.25) is 14.4 Å². The lowest BCUT2D eigenvalue weighted by Crippen LogP contribution is -2.30. The largest absolute Gasteiger partial charge is 0.462 e. The van der Waals surface area contributed by atoms with Gasteiger partial charge < -0.3 is 14.2 Å². The van der Waals surface area contributed by atoms with E-state index in [2.05, 4.69) is 106 Å². The fraction of sp³-hybridized carbons (Fsp3) is 0.702. The monoisotopic (exact) mass is 877 g/mol. The number of ether oxygens (including phenoxy) is 3. The quantitative estimate of drug-likeness (QED) is 0.0262. The summed E-state index contributed by atoms with van der Waals surface area (Å²) in [5, 5.41) is 0. The predicted octanol–water partition coefficient (Wildman–Crippen LogP) is 17.2. The van der Waals surface area contributed by atoms with Gasteiger partial charge in [0.05, 0.1) is 0 Å². The lowest BCUT2D eigenvalue weighted by molar-refractivity contribution is -0.167. The zero-order chi connectivity index (χ0) is 45.8. The van der Waals surface area contributed by atoms with Crippen molar-refractivity contribution in [3.63, 3.8) is 0 Å². The molecule has 0 radical (unpaired) electrons. The number of rotatable bonds is 46. The molecule has 0 aromatic heterocycles. The Balaban J connectivity index is 4.48. The molecule has 0 aromatic carbocycles. The SMILES string of the molecule is CCCC/C=C\CCCCCCCC(=O)OC[C@@H](COC(=O)CCC/C=C\C/C=C\C/C=C\C/C=C\CCCCC)OC(=O)CCCCCCCCC/C=C\C/C=C\CCCCC. The molecule has 0 aliphatic heterocycles. The molecule has 0 unspecified atom stereocenters.